The van der Waals surface area contributed by atoms with E-state index in [2.05, 4.69) is 41.5 Å². The summed E-state index contributed by atoms with van der Waals surface area (Å²) in [5.74, 6) is 0.805. The molecular formula is C21H26N2OS. The van der Waals surface area contributed by atoms with Crippen LogP contribution >= 0.6 is 12.2 Å². The van der Waals surface area contributed by atoms with Crippen LogP contribution < -0.4 is 10.1 Å². The van der Waals surface area contributed by atoms with Crippen LogP contribution in [-0.2, 0) is 0 Å². The van der Waals surface area contributed by atoms with Crippen LogP contribution in [0.3, 0.4) is 0 Å². The van der Waals surface area contributed by atoms with Gasteiger partial charge in [0.15, 0.2) is 5.11 Å². The molecule has 2 aromatic carbocycles. The van der Waals surface area contributed by atoms with Crippen molar-refractivity contribution in [3.8, 4) is 16.9 Å². The van der Waals surface area contributed by atoms with Gasteiger partial charge in [-0.1, -0.05) is 55.7 Å². The van der Waals surface area contributed by atoms with Crippen LogP contribution in [-0.4, -0.2) is 30.2 Å². The fraction of sp³-hybridized carbons (Fsp3) is 0.381. The van der Waals surface area contributed by atoms with Gasteiger partial charge in [0, 0.05) is 13.1 Å². The fourth-order valence-electron chi connectivity index (χ4n) is 3.45. The summed E-state index contributed by atoms with van der Waals surface area (Å²) in [6.45, 7) is 0. The number of hydrogen-bond donors (Lipinski definition) is 1. The number of nitrogens with zero attached hydrogens (tertiary/aromatic N) is 1. The summed E-state index contributed by atoms with van der Waals surface area (Å²) in [4.78, 5) is 2.21. The van der Waals surface area contributed by atoms with Crippen molar-refractivity contribution in [3.05, 3.63) is 48.5 Å². The third kappa shape index (κ3) is 4.31. The maximum atomic E-state index is 5.67. The molecule has 0 heterocycles. The van der Waals surface area contributed by atoms with Crippen molar-refractivity contribution in [2.45, 2.75) is 38.1 Å². The van der Waals surface area contributed by atoms with E-state index in [1.54, 1.807) is 7.11 Å². The largest absolute Gasteiger partial charge is 0.495 e. The minimum atomic E-state index is 0.539. The number of rotatable bonds is 4. The molecule has 0 saturated heterocycles. The van der Waals surface area contributed by atoms with E-state index < -0.39 is 0 Å². The van der Waals surface area contributed by atoms with Gasteiger partial charge in [-0.3, -0.25) is 0 Å². The van der Waals surface area contributed by atoms with Crippen LogP contribution in [0.2, 0.25) is 0 Å². The average Bonchev–Trinajstić information content (AvgIpc) is 2.68. The number of hydrogen-bond acceptors (Lipinski definition) is 2. The predicted octanol–water partition coefficient (Wildman–Crippen LogP) is 5.32. The van der Waals surface area contributed by atoms with Gasteiger partial charge in [0.2, 0.25) is 0 Å². The molecule has 0 aliphatic heterocycles. The first-order chi connectivity index (χ1) is 12.2. The Hall–Kier alpha value is -2.07. The molecule has 0 atom stereocenters. The molecule has 3 rings (SSSR count). The molecule has 0 amide bonds. The topological polar surface area (TPSA) is 24.5 Å². The highest BCUT2D eigenvalue weighted by molar-refractivity contribution is 7.80. The molecule has 2 aromatic rings. The molecule has 1 saturated carbocycles. The van der Waals surface area contributed by atoms with Crippen molar-refractivity contribution < 1.29 is 4.74 Å². The molecule has 0 radical (unpaired) electrons. The van der Waals surface area contributed by atoms with E-state index in [0.717, 1.165) is 22.1 Å². The molecule has 1 fully saturated rings. The quantitative estimate of drug-likeness (QED) is 0.751. The third-order valence-electron chi connectivity index (χ3n) is 4.99. The molecule has 1 aliphatic rings. The fourth-order valence-corrected chi connectivity index (χ4v) is 3.71. The van der Waals surface area contributed by atoms with E-state index in [4.69, 9.17) is 17.0 Å². The number of benzene rings is 2. The predicted molar refractivity (Wildman–Crippen MR) is 109 cm³/mol. The van der Waals surface area contributed by atoms with E-state index in [1.807, 2.05) is 24.3 Å². The molecular weight excluding hydrogens is 328 g/mol. The Balaban J connectivity index is 1.79. The smallest absolute Gasteiger partial charge is 0.173 e. The number of methoxy groups -OCH3 is 1. The van der Waals surface area contributed by atoms with Crippen molar-refractivity contribution in [3.63, 3.8) is 0 Å². The Morgan fingerprint density at radius 1 is 1.04 bits per heavy atom. The lowest BCUT2D eigenvalue weighted by atomic mass is 9.95. The normalized spacial score (nSPS) is 14.8. The van der Waals surface area contributed by atoms with Crippen LogP contribution in [0.4, 0.5) is 5.69 Å². The third-order valence-corrected chi connectivity index (χ3v) is 5.38. The lowest BCUT2D eigenvalue weighted by Gasteiger charge is -2.33. The van der Waals surface area contributed by atoms with Gasteiger partial charge >= 0.3 is 0 Å². The van der Waals surface area contributed by atoms with Crippen molar-refractivity contribution in [1.82, 2.24) is 4.90 Å². The monoisotopic (exact) mass is 354 g/mol. The molecule has 3 nitrogen and oxygen atoms in total. The first-order valence-corrected chi connectivity index (χ1v) is 9.37. The second kappa shape index (κ2) is 8.34. The van der Waals surface area contributed by atoms with Gasteiger partial charge in [-0.2, -0.15) is 0 Å². The van der Waals surface area contributed by atoms with Crippen LogP contribution in [0.1, 0.15) is 32.1 Å². The summed E-state index contributed by atoms with van der Waals surface area (Å²) in [5.41, 5.74) is 3.24. The molecule has 4 heteroatoms. The van der Waals surface area contributed by atoms with Gasteiger partial charge < -0.3 is 15.0 Å². The highest BCUT2D eigenvalue weighted by Gasteiger charge is 2.20. The van der Waals surface area contributed by atoms with Crippen LogP contribution in [0.5, 0.6) is 5.75 Å². The maximum absolute atomic E-state index is 5.67. The average molecular weight is 355 g/mol. The second-order valence-electron chi connectivity index (χ2n) is 6.61. The van der Waals surface area contributed by atoms with Crippen molar-refractivity contribution >= 4 is 23.0 Å². The van der Waals surface area contributed by atoms with E-state index in [-0.39, 0.29) is 0 Å². The Morgan fingerprint density at radius 3 is 2.44 bits per heavy atom. The van der Waals surface area contributed by atoms with Gasteiger partial charge in [-0.05, 0) is 48.3 Å². The minimum absolute atomic E-state index is 0.539. The van der Waals surface area contributed by atoms with Crippen LogP contribution in [0, 0.1) is 0 Å². The molecule has 1 N–H and O–H groups in total. The molecule has 0 aromatic heterocycles. The standard InChI is InChI=1S/C21H26N2OS/c1-23(18-11-7-4-8-12-18)21(25)22-19-15-17(13-14-20(19)24-2)16-9-5-3-6-10-16/h3,5-6,9-10,13-15,18H,4,7-8,11-12H2,1-2H3,(H,22,25). The Bertz CT molecular complexity index is 711. The highest BCUT2D eigenvalue weighted by atomic mass is 32.1. The van der Waals surface area contributed by atoms with E-state index >= 15 is 0 Å². The molecule has 25 heavy (non-hydrogen) atoms. The zero-order valence-corrected chi connectivity index (χ0v) is 15.8. The summed E-state index contributed by atoms with van der Waals surface area (Å²) in [6, 6.07) is 17.1. The molecule has 0 bridgehead atoms. The maximum Gasteiger partial charge on any atom is 0.173 e. The van der Waals surface area contributed by atoms with E-state index in [9.17, 15) is 0 Å². The van der Waals surface area contributed by atoms with Gasteiger partial charge in [0.05, 0.1) is 12.8 Å². The van der Waals surface area contributed by atoms with Crippen molar-refractivity contribution in [2.24, 2.45) is 0 Å². The molecule has 0 spiro atoms. The zero-order chi connectivity index (χ0) is 17.6. The summed E-state index contributed by atoms with van der Waals surface area (Å²) >= 11 is 5.67. The highest BCUT2D eigenvalue weighted by Crippen LogP contribution is 2.31. The molecule has 132 valence electrons. The number of anilines is 1. The molecule has 0 unspecified atom stereocenters. The Kier molecular flexibility index (Phi) is 5.92. The first-order valence-electron chi connectivity index (χ1n) is 8.96. The van der Waals surface area contributed by atoms with Crippen LogP contribution in [0.15, 0.2) is 48.5 Å². The van der Waals surface area contributed by atoms with Gasteiger partial charge in [0.1, 0.15) is 5.75 Å². The SMILES string of the molecule is COc1ccc(-c2ccccc2)cc1NC(=S)N(C)C1CCCCC1. The van der Waals surface area contributed by atoms with Crippen molar-refractivity contribution in [1.29, 1.82) is 0 Å². The Morgan fingerprint density at radius 2 is 1.76 bits per heavy atom. The van der Waals surface area contributed by atoms with Crippen molar-refractivity contribution in [2.75, 3.05) is 19.5 Å². The minimum Gasteiger partial charge on any atom is -0.495 e. The first kappa shape index (κ1) is 17.7. The van der Waals surface area contributed by atoms with E-state index in [1.165, 1.54) is 37.7 Å². The van der Waals surface area contributed by atoms with Gasteiger partial charge in [-0.25, -0.2) is 0 Å². The zero-order valence-electron chi connectivity index (χ0n) is 15.0. The number of thiocarbonyl (C=S) groups is 1. The second-order valence-corrected chi connectivity index (χ2v) is 7.00. The number of ether oxygens (including phenoxy) is 1. The van der Waals surface area contributed by atoms with Gasteiger partial charge in [0.25, 0.3) is 0 Å². The summed E-state index contributed by atoms with van der Waals surface area (Å²) in [7, 11) is 3.79. The Labute approximate surface area is 156 Å². The van der Waals surface area contributed by atoms with E-state index in [0.29, 0.717) is 6.04 Å². The lowest BCUT2D eigenvalue weighted by molar-refractivity contribution is 0.281. The van der Waals surface area contributed by atoms with Gasteiger partial charge in [-0.15, -0.1) is 0 Å². The van der Waals surface area contributed by atoms with Crippen LogP contribution in [0.25, 0.3) is 11.1 Å². The summed E-state index contributed by atoms with van der Waals surface area (Å²) in [5, 5.41) is 4.16. The summed E-state index contributed by atoms with van der Waals surface area (Å²) < 4.78 is 5.52. The molecule has 1 aliphatic carbocycles. The lowest BCUT2D eigenvalue weighted by Crippen LogP contribution is -2.40. The summed E-state index contributed by atoms with van der Waals surface area (Å²) in [6.07, 6.45) is 6.38. The number of nitrogens with one attached hydrogen (secondary N) is 1.